The van der Waals surface area contributed by atoms with Gasteiger partial charge in [0.05, 0.1) is 30.5 Å². The van der Waals surface area contributed by atoms with E-state index in [4.69, 9.17) is 20.2 Å². The molecule has 1 unspecified atom stereocenters. The number of nitrogens with two attached hydrogens (primary N) is 1. The molecule has 0 aliphatic heterocycles. The second kappa shape index (κ2) is 7.20. The molecule has 3 rings (SSSR count). The largest absolute Gasteiger partial charge is 0.493 e. The lowest BCUT2D eigenvalue weighted by Gasteiger charge is -2.16. The van der Waals surface area contributed by atoms with Crippen molar-refractivity contribution in [1.82, 2.24) is 4.98 Å². The second-order valence-corrected chi connectivity index (χ2v) is 6.41. The Morgan fingerprint density at radius 1 is 1.08 bits per heavy atom. The summed E-state index contributed by atoms with van der Waals surface area (Å²) in [5.41, 5.74) is 7.87. The van der Waals surface area contributed by atoms with Crippen LogP contribution >= 0.6 is 11.3 Å². The van der Waals surface area contributed by atoms with Crippen LogP contribution in [-0.2, 0) is 0 Å². The Bertz CT molecular complexity index is 842. The molecule has 2 aromatic carbocycles. The van der Waals surface area contributed by atoms with E-state index in [1.165, 1.54) is 0 Å². The standard InChI is InChI=1S/C19H22N2O2S/c1-4-22-16-10-17(23-5-2)18(14-9-7-6-8-13(14)16)15-11-24-19(21-15)12(3)20/h6-12H,4-5,20H2,1-3H3. The minimum absolute atomic E-state index is 0.0757. The smallest absolute Gasteiger partial charge is 0.133 e. The van der Waals surface area contributed by atoms with Gasteiger partial charge in [-0.15, -0.1) is 11.3 Å². The molecular formula is C19H22N2O2S. The Morgan fingerprint density at radius 2 is 1.75 bits per heavy atom. The summed E-state index contributed by atoms with van der Waals surface area (Å²) in [6, 6.07) is 10.1. The first-order valence-electron chi connectivity index (χ1n) is 8.18. The highest BCUT2D eigenvalue weighted by atomic mass is 32.1. The summed E-state index contributed by atoms with van der Waals surface area (Å²) in [5, 5.41) is 5.11. The van der Waals surface area contributed by atoms with Crippen molar-refractivity contribution in [3.63, 3.8) is 0 Å². The van der Waals surface area contributed by atoms with Gasteiger partial charge in [-0.2, -0.15) is 0 Å². The normalized spacial score (nSPS) is 12.3. The number of aromatic nitrogens is 1. The zero-order chi connectivity index (χ0) is 17.1. The van der Waals surface area contributed by atoms with Gasteiger partial charge in [0.2, 0.25) is 0 Å². The molecule has 0 saturated heterocycles. The van der Waals surface area contributed by atoms with Crippen molar-refractivity contribution in [2.45, 2.75) is 26.8 Å². The number of thiazole rings is 1. The Kier molecular flexibility index (Phi) is 5.02. The minimum atomic E-state index is -0.0757. The van der Waals surface area contributed by atoms with Gasteiger partial charge in [0.15, 0.2) is 0 Å². The first kappa shape index (κ1) is 16.7. The third-order valence-corrected chi connectivity index (χ3v) is 4.78. The van der Waals surface area contributed by atoms with Crippen LogP contribution in [0.5, 0.6) is 11.5 Å². The minimum Gasteiger partial charge on any atom is -0.493 e. The van der Waals surface area contributed by atoms with Crippen LogP contribution in [0.2, 0.25) is 0 Å². The molecule has 2 N–H and O–H groups in total. The quantitative estimate of drug-likeness (QED) is 0.700. The Labute approximate surface area is 146 Å². The molecule has 3 aromatic rings. The first-order chi connectivity index (χ1) is 11.7. The fourth-order valence-corrected chi connectivity index (χ4v) is 3.51. The van der Waals surface area contributed by atoms with Crippen LogP contribution in [0.25, 0.3) is 22.0 Å². The van der Waals surface area contributed by atoms with Crippen LogP contribution < -0.4 is 15.2 Å². The van der Waals surface area contributed by atoms with E-state index in [-0.39, 0.29) is 6.04 Å². The Hall–Kier alpha value is -2.11. The van der Waals surface area contributed by atoms with Crippen molar-refractivity contribution in [2.75, 3.05) is 13.2 Å². The summed E-state index contributed by atoms with van der Waals surface area (Å²) < 4.78 is 11.7. The molecule has 0 bridgehead atoms. The van der Waals surface area contributed by atoms with E-state index in [1.54, 1.807) is 11.3 Å². The van der Waals surface area contributed by atoms with Crippen LogP contribution in [0.4, 0.5) is 0 Å². The van der Waals surface area contributed by atoms with Gasteiger partial charge >= 0.3 is 0 Å². The van der Waals surface area contributed by atoms with E-state index >= 15 is 0 Å². The topological polar surface area (TPSA) is 57.4 Å². The maximum Gasteiger partial charge on any atom is 0.133 e. The van der Waals surface area contributed by atoms with Crippen molar-refractivity contribution >= 4 is 22.1 Å². The lowest BCUT2D eigenvalue weighted by molar-refractivity contribution is 0.327. The number of hydrogen-bond donors (Lipinski definition) is 1. The van der Waals surface area contributed by atoms with Gasteiger partial charge in [0.25, 0.3) is 0 Å². The van der Waals surface area contributed by atoms with Crippen LogP contribution in [0, 0.1) is 0 Å². The molecule has 4 nitrogen and oxygen atoms in total. The molecule has 0 aliphatic rings. The molecule has 5 heteroatoms. The van der Waals surface area contributed by atoms with Gasteiger partial charge in [-0.3, -0.25) is 0 Å². The van der Waals surface area contributed by atoms with E-state index in [0.717, 1.165) is 38.5 Å². The van der Waals surface area contributed by atoms with E-state index in [2.05, 4.69) is 12.1 Å². The molecule has 24 heavy (non-hydrogen) atoms. The maximum atomic E-state index is 5.97. The number of fused-ring (bicyclic) bond motifs is 1. The third kappa shape index (κ3) is 3.09. The van der Waals surface area contributed by atoms with Crippen LogP contribution in [0.1, 0.15) is 31.8 Å². The number of ether oxygens (including phenoxy) is 2. The third-order valence-electron chi connectivity index (χ3n) is 3.74. The summed E-state index contributed by atoms with van der Waals surface area (Å²) in [6.07, 6.45) is 0. The lowest BCUT2D eigenvalue weighted by atomic mass is 10.0. The van der Waals surface area contributed by atoms with Crippen LogP contribution in [-0.4, -0.2) is 18.2 Å². The van der Waals surface area contributed by atoms with E-state index < -0.39 is 0 Å². The van der Waals surface area contributed by atoms with Gasteiger partial charge < -0.3 is 15.2 Å². The summed E-state index contributed by atoms with van der Waals surface area (Å²) >= 11 is 1.58. The SMILES string of the molecule is CCOc1cc(OCC)c2ccccc2c1-c1csc(C(C)N)n1. The van der Waals surface area contributed by atoms with Crippen LogP contribution in [0.15, 0.2) is 35.7 Å². The van der Waals surface area contributed by atoms with Crippen molar-refractivity contribution in [2.24, 2.45) is 5.73 Å². The highest BCUT2D eigenvalue weighted by Gasteiger charge is 2.18. The molecule has 0 amide bonds. The van der Waals surface area contributed by atoms with E-state index in [0.29, 0.717) is 13.2 Å². The molecule has 1 atom stereocenters. The average molecular weight is 342 g/mol. The molecule has 0 radical (unpaired) electrons. The number of hydrogen-bond acceptors (Lipinski definition) is 5. The van der Waals surface area contributed by atoms with Gasteiger partial charge in [0, 0.05) is 16.8 Å². The summed E-state index contributed by atoms with van der Waals surface area (Å²) in [7, 11) is 0. The number of benzene rings is 2. The predicted molar refractivity (Wildman–Crippen MR) is 100.0 cm³/mol. The molecule has 0 saturated carbocycles. The summed E-state index contributed by atoms with van der Waals surface area (Å²) in [4.78, 5) is 4.72. The van der Waals surface area contributed by atoms with Crippen molar-refractivity contribution in [3.8, 4) is 22.8 Å². The van der Waals surface area contributed by atoms with Crippen molar-refractivity contribution in [1.29, 1.82) is 0 Å². The average Bonchev–Trinajstić information content (AvgIpc) is 3.05. The number of rotatable bonds is 6. The van der Waals surface area contributed by atoms with Crippen LogP contribution in [0.3, 0.4) is 0 Å². The number of nitrogens with zero attached hydrogens (tertiary/aromatic N) is 1. The second-order valence-electron chi connectivity index (χ2n) is 5.52. The maximum absolute atomic E-state index is 5.97. The molecule has 0 spiro atoms. The van der Waals surface area contributed by atoms with Gasteiger partial charge in [-0.25, -0.2) is 4.98 Å². The molecular weight excluding hydrogens is 320 g/mol. The van der Waals surface area contributed by atoms with Gasteiger partial charge in [-0.05, 0) is 26.2 Å². The molecule has 1 heterocycles. The fraction of sp³-hybridized carbons (Fsp3) is 0.316. The predicted octanol–water partition coefficient (Wildman–Crippen LogP) is 4.78. The highest BCUT2D eigenvalue weighted by molar-refractivity contribution is 7.10. The van der Waals surface area contributed by atoms with Gasteiger partial charge in [-0.1, -0.05) is 24.3 Å². The summed E-state index contributed by atoms with van der Waals surface area (Å²) in [5.74, 6) is 1.63. The molecule has 126 valence electrons. The molecule has 0 fully saturated rings. The van der Waals surface area contributed by atoms with Crippen molar-refractivity contribution < 1.29 is 9.47 Å². The highest BCUT2D eigenvalue weighted by Crippen LogP contribution is 2.42. The fourth-order valence-electron chi connectivity index (χ4n) is 2.74. The Morgan fingerprint density at radius 3 is 2.38 bits per heavy atom. The monoisotopic (exact) mass is 342 g/mol. The molecule has 1 aromatic heterocycles. The van der Waals surface area contributed by atoms with E-state index in [1.807, 2.05) is 44.4 Å². The van der Waals surface area contributed by atoms with Crippen molar-refractivity contribution in [3.05, 3.63) is 40.7 Å². The van der Waals surface area contributed by atoms with Gasteiger partial charge in [0.1, 0.15) is 16.5 Å². The zero-order valence-electron chi connectivity index (χ0n) is 14.2. The first-order valence-corrected chi connectivity index (χ1v) is 9.06. The lowest BCUT2D eigenvalue weighted by Crippen LogP contribution is -2.04. The Balaban J connectivity index is 2.27. The van der Waals surface area contributed by atoms with E-state index in [9.17, 15) is 0 Å². The molecule has 0 aliphatic carbocycles. The zero-order valence-corrected chi connectivity index (χ0v) is 15.0. The summed E-state index contributed by atoms with van der Waals surface area (Å²) in [6.45, 7) is 7.11.